The molecule has 5 aromatic heterocycles. The Morgan fingerprint density at radius 1 is 0.338 bits per heavy atom. The molecule has 360 valence electrons. The van der Waals surface area contributed by atoms with E-state index in [1.54, 1.807) is 0 Å². The number of nitrogens with zero attached hydrogens (tertiary/aromatic N) is 5. The van der Waals surface area contributed by atoms with Crippen LogP contribution in [-0.4, -0.2) is 13.8 Å². The second-order valence-electron chi connectivity index (χ2n) is 23.7. The van der Waals surface area contributed by atoms with Crippen LogP contribution in [0.15, 0.2) is 194 Å². The fourth-order valence-corrected chi connectivity index (χ4v) is 12.1. The van der Waals surface area contributed by atoms with Gasteiger partial charge in [-0.3, -0.25) is 4.40 Å². The van der Waals surface area contributed by atoms with Crippen LogP contribution in [0.1, 0.15) is 79.0 Å². The highest BCUT2D eigenvalue weighted by molar-refractivity contribution is 6.34. The number of benzene rings is 9. The van der Waals surface area contributed by atoms with E-state index < -0.39 is 0 Å². The monoisotopic (exact) mass is 957 g/mol. The Kier molecular flexibility index (Phi) is 9.31. The minimum Gasteiger partial charge on any atom is -0.308 e. The predicted octanol–water partition coefficient (Wildman–Crippen LogP) is 19.4. The fourth-order valence-electron chi connectivity index (χ4n) is 12.1. The zero-order valence-corrected chi connectivity index (χ0v) is 43.7. The summed E-state index contributed by atoms with van der Waals surface area (Å²) in [4.78, 5) is 11.1. The average Bonchev–Trinajstić information content (AvgIpc) is 4.11. The lowest BCUT2D eigenvalue weighted by Crippen LogP contribution is -2.15. The van der Waals surface area contributed by atoms with Gasteiger partial charge in [-0.2, -0.15) is 0 Å². The molecule has 0 aliphatic rings. The fraction of sp³-hybridized carbons (Fsp3) is 0.174. The van der Waals surface area contributed by atoms with Gasteiger partial charge in [0.1, 0.15) is 5.65 Å². The van der Waals surface area contributed by atoms with Crippen molar-refractivity contribution in [3.05, 3.63) is 211 Å². The van der Waals surface area contributed by atoms with Crippen molar-refractivity contribution in [2.24, 2.45) is 0 Å². The number of hydrogen-bond acceptors (Lipinski definition) is 3. The van der Waals surface area contributed by atoms with Gasteiger partial charge in [0, 0.05) is 60.5 Å². The standard InChI is InChI=1S/C69H59N5/c1-67(2,3)43-35-52-54-38-45(69(7,8)9)40-59(72(48-29-18-12-19-30-48)49-31-20-13-21-32-49)64(54)74-62(52)55(36-43)56-41-57-61(70-66(56)74)60-50-33-23-22-24-42(50)34-51-53-37-44(68(4,5)6)39-58(63(53)73(57)65(51)60)71(46-25-14-10-15-26-46)47-27-16-11-17-28-47/h10-41H,1-9H3. The summed E-state index contributed by atoms with van der Waals surface area (Å²) in [6.07, 6.45) is 0. The lowest BCUT2D eigenvalue weighted by atomic mass is 9.84. The van der Waals surface area contributed by atoms with Gasteiger partial charge in [0.25, 0.3) is 0 Å². The third-order valence-electron chi connectivity index (χ3n) is 15.9. The number of anilines is 6. The van der Waals surface area contributed by atoms with E-state index in [-0.39, 0.29) is 16.2 Å². The summed E-state index contributed by atoms with van der Waals surface area (Å²) < 4.78 is 5.12. The van der Waals surface area contributed by atoms with Gasteiger partial charge in [-0.15, -0.1) is 0 Å². The van der Waals surface area contributed by atoms with Crippen molar-refractivity contribution in [3.8, 4) is 0 Å². The van der Waals surface area contributed by atoms with Crippen molar-refractivity contribution in [1.82, 2.24) is 13.8 Å². The van der Waals surface area contributed by atoms with Gasteiger partial charge < -0.3 is 14.2 Å². The summed E-state index contributed by atoms with van der Waals surface area (Å²) >= 11 is 0. The van der Waals surface area contributed by atoms with Gasteiger partial charge >= 0.3 is 0 Å². The second kappa shape index (κ2) is 15.6. The highest BCUT2D eigenvalue weighted by atomic mass is 15.2. The first-order valence-electron chi connectivity index (χ1n) is 26.2. The smallest absolute Gasteiger partial charge is 0.146 e. The number of para-hydroxylation sites is 4. The molecule has 0 unspecified atom stereocenters. The van der Waals surface area contributed by atoms with Crippen LogP contribution in [0.3, 0.4) is 0 Å². The van der Waals surface area contributed by atoms with Crippen molar-refractivity contribution in [1.29, 1.82) is 0 Å². The maximum Gasteiger partial charge on any atom is 0.146 e. The third kappa shape index (κ3) is 6.45. The van der Waals surface area contributed by atoms with E-state index in [9.17, 15) is 0 Å². The summed E-state index contributed by atoms with van der Waals surface area (Å²) in [6.45, 7) is 21.0. The van der Waals surface area contributed by atoms with E-state index in [1.807, 2.05) is 0 Å². The Morgan fingerprint density at radius 2 is 0.716 bits per heavy atom. The van der Waals surface area contributed by atoms with Gasteiger partial charge in [-0.05, 0) is 141 Å². The zero-order chi connectivity index (χ0) is 50.6. The Bertz CT molecular complexity index is 4430. The summed E-state index contributed by atoms with van der Waals surface area (Å²) in [5.41, 5.74) is 18.1. The highest BCUT2D eigenvalue weighted by Crippen LogP contribution is 2.52. The molecule has 5 heteroatoms. The lowest BCUT2D eigenvalue weighted by molar-refractivity contribution is 0.591. The van der Waals surface area contributed by atoms with Gasteiger partial charge in [-0.25, -0.2) is 4.98 Å². The van der Waals surface area contributed by atoms with Crippen LogP contribution in [0.5, 0.6) is 0 Å². The molecular weight excluding hydrogens is 899 g/mol. The molecule has 14 rings (SSSR count). The van der Waals surface area contributed by atoms with Crippen LogP contribution in [-0.2, 0) is 16.2 Å². The van der Waals surface area contributed by atoms with Gasteiger partial charge in [-0.1, -0.05) is 159 Å². The molecule has 0 fully saturated rings. The maximum atomic E-state index is 6.13. The van der Waals surface area contributed by atoms with Gasteiger partial charge in [0.05, 0.1) is 44.5 Å². The zero-order valence-electron chi connectivity index (χ0n) is 43.7. The Labute approximate surface area is 432 Å². The minimum absolute atomic E-state index is 0.119. The molecule has 0 saturated carbocycles. The van der Waals surface area contributed by atoms with E-state index in [0.717, 1.165) is 61.7 Å². The van der Waals surface area contributed by atoms with Crippen LogP contribution in [0.4, 0.5) is 34.1 Å². The van der Waals surface area contributed by atoms with E-state index in [1.165, 1.54) is 76.3 Å². The summed E-state index contributed by atoms with van der Waals surface area (Å²) in [5.74, 6) is 0. The van der Waals surface area contributed by atoms with Crippen LogP contribution >= 0.6 is 0 Å². The molecule has 9 aromatic carbocycles. The minimum atomic E-state index is -0.124. The van der Waals surface area contributed by atoms with Crippen molar-refractivity contribution in [2.75, 3.05) is 9.80 Å². The number of pyridine rings is 1. The molecule has 0 aliphatic heterocycles. The van der Waals surface area contributed by atoms with Gasteiger partial charge in [0.15, 0.2) is 0 Å². The van der Waals surface area contributed by atoms with Crippen molar-refractivity contribution in [2.45, 2.75) is 78.6 Å². The second-order valence-corrected chi connectivity index (χ2v) is 23.7. The van der Waals surface area contributed by atoms with Crippen LogP contribution in [0, 0.1) is 0 Å². The normalized spacial score (nSPS) is 12.9. The Balaban J connectivity index is 1.21. The number of rotatable bonds is 6. The van der Waals surface area contributed by atoms with Crippen molar-refractivity contribution in [3.63, 3.8) is 0 Å². The summed E-state index contributed by atoms with van der Waals surface area (Å²) in [5, 5.41) is 11.0. The molecule has 5 heterocycles. The van der Waals surface area contributed by atoms with E-state index >= 15 is 0 Å². The van der Waals surface area contributed by atoms with Crippen LogP contribution in [0.25, 0.3) is 87.2 Å². The molecule has 14 aromatic rings. The van der Waals surface area contributed by atoms with Crippen LogP contribution in [0.2, 0.25) is 0 Å². The first-order chi connectivity index (χ1) is 35.6. The topological polar surface area (TPSA) is 28.2 Å². The molecule has 5 nitrogen and oxygen atoms in total. The molecule has 0 N–H and O–H groups in total. The maximum absolute atomic E-state index is 6.13. The molecule has 0 amide bonds. The van der Waals surface area contributed by atoms with Gasteiger partial charge in [0.2, 0.25) is 0 Å². The quantitative estimate of drug-likeness (QED) is 0.166. The third-order valence-corrected chi connectivity index (χ3v) is 15.9. The predicted molar refractivity (Wildman–Crippen MR) is 317 cm³/mol. The first-order valence-corrected chi connectivity index (χ1v) is 26.2. The first kappa shape index (κ1) is 44.3. The molecule has 0 atom stereocenters. The van der Waals surface area contributed by atoms with Crippen LogP contribution < -0.4 is 9.80 Å². The number of fused-ring (bicyclic) bond motifs is 14. The SMILES string of the molecule is CC(C)(C)c1cc(N(c2ccccc2)c2ccccc2)c2c(c1)c1cc3ccccc3c3c4nc5c(cc4n2c13)c1cc(C(C)(C)C)cc2c3cc(C(C)(C)C)cc(N(c4ccccc4)c4ccccc4)c3n5c12. The van der Waals surface area contributed by atoms with E-state index in [0.29, 0.717) is 0 Å². The highest BCUT2D eigenvalue weighted by Gasteiger charge is 2.32. The molecule has 0 aliphatic carbocycles. The summed E-state index contributed by atoms with van der Waals surface area (Å²) in [6, 6.07) is 72.2. The molecule has 0 saturated heterocycles. The number of aromatic nitrogens is 3. The Morgan fingerprint density at radius 3 is 1.18 bits per heavy atom. The molecule has 0 bridgehead atoms. The summed E-state index contributed by atoms with van der Waals surface area (Å²) in [7, 11) is 0. The molecular formula is C69H59N5. The molecule has 0 radical (unpaired) electrons. The largest absolute Gasteiger partial charge is 0.308 e. The lowest BCUT2D eigenvalue weighted by Gasteiger charge is -2.29. The van der Waals surface area contributed by atoms with E-state index in [4.69, 9.17) is 4.98 Å². The van der Waals surface area contributed by atoms with E-state index in [2.05, 4.69) is 275 Å². The average molecular weight is 958 g/mol. The van der Waals surface area contributed by atoms with Crippen molar-refractivity contribution < 1.29 is 0 Å². The van der Waals surface area contributed by atoms with Crippen molar-refractivity contribution >= 4 is 121 Å². The number of hydrogen-bond donors (Lipinski definition) is 0. The molecule has 74 heavy (non-hydrogen) atoms. The Hall–Kier alpha value is -8.41. The molecule has 0 spiro atoms.